The van der Waals surface area contributed by atoms with Gasteiger partial charge in [-0.15, -0.1) is 0 Å². The molecule has 1 aromatic carbocycles. The van der Waals surface area contributed by atoms with E-state index >= 15 is 0 Å². The lowest BCUT2D eigenvalue weighted by Crippen LogP contribution is -2.15. The van der Waals surface area contributed by atoms with Gasteiger partial charge in [-0.2, -0.15) is 0 Å². The third-order valence-electron chi connectivity index (χ3n) is 3.05. The van der Waals surface area contributed by atoms with Crippen molar-refractivity contribution in [3.05, 3.63) is 30.0 Å². The van der Waals surface area contributed by atoms with Crippen molar-refractivity contribution >= 4 is 11.5 Å². The number of ketones is 1. The summed E-state index contributed by atoms with van der Waals surface area (Å²) in [7, 11) is 0. The molecule has 0 unspecified atom stereocenters. The lowest BCUT2D eigenvalue weighted by molar-refractivity contribution is -0.115. The molecule has 4 heteroatoms. The van der Waals surface area contributed by atoms with Crippen molar-refractivity contribution in [2.75, 3.05) is 18.5 Å². The van der Waals surface area contributed by atoms with Gasteiger partial charge in [0.15, 0.2) is 17.3 Å². The molecule has 0 saturated heterocycles. The van der Waals surface area contributed by atoms with E-state index in [0.29, 0.717) is 19.6 Å². The van der Waals surface area contributed by atoms with Crippen LogP contribution >= 0.6 is 0 Å². The topological polar surface area (TPSA) is 47.6 Å². The molecule has 1 aromatic rings. The normalized spacial score (nSPS) is 18.2. The van der Waals surface area contributed by atoms with Gasteiger partial charge in [0.1, 0.15) is 13.2 Å². The van der Waals surface area contributed by atoms with Gasteiger partial charge in [0.25, 0.3) is 0 Å². The van der Waals surface area contributed by atoms with E-state index in [-0.39, 0.29) is 5.78 Å². The minimum Gasteiger partial charge on any atom is -0.486 e. The highest BCUT2D eigenvalue weighted by Gasteiger charge is 2.13. The third kappa shape index (κ3) is 2.32. The quantitative estimate of drug-likeness (QED) is 0.869. The third-order valence-corrected chi connectivity index (χ3v) is 3.05. The van der Waals surface area contributed by atoms with Crippen molar-refractivity contribution in [1.29, 1.82) is 0 Å². The van der Waals surface area contributed by atoms with Crippen LogP contribution in [0.1, 0.15) is 19.3 Å². The standard InChI is InChI=1S/C14H15NO3/c16-12-3-1-2-10(8-12)15-11-4-5-13-14(9-11)18-7-6-17-13/h4-5,8-9,15H,1-3,6-7H2. The van der Waals surface area contributed by atoms with E-state index in [1.54, 1.807) is 6.08 Å². The Morgan fingerprint density at radius 1 is 1.06 bits per heavy atom. The molecular formula is C14H15NO3. The van der Waals surface area contributed by atoms with E-state index in [2.05, 4.69) is 5.32 Å². The molecule has 1 heterocycles. The van der Waals surface area contributed by atoms with Gasteiger partial charge in [-0.3, -0.25) is 4.79 Å². The monoisotopic (exact) mass is 245 g/mol. The molecule has 0 saturated carbocycles. The van der Waals surface area contributed by atoms with Crippen molar-refractivity contribution in [1.82, 2.24) is 0 Å². The van der Waals surface area contributed by atoms with Crippen molar-refractivity contribution in [3.8, 4) is 11.5 Å². The predicted molar refractivity (Wildman–Crippen MR) is 68.0 cm³/mol. The molecule has 0 aromatic heterocycles. The molecule has 3 rings (SSSR count). The Hall–Kier alpha value is -1.97. The molecular weight excluding hydrogens is 230 g/mol. The zero-order valence-corrected chi connectivity index (χ0v) is 10.1. The second-order valence-electron chi connectivity index (χ2n) is 4.47. The average Bonchev–Trinajstić information content (AvgIpc) is 2.39. The van der Waals surface area contributed by atoms with Crippen LogP contribution in [0.4, 0.5) is 5.69 Å². The first-order valence-electron chi connectivity index (χ1n) is 6.21. The number of nitrogens with one attached hydrogen (secondary N) is 1. The highest BCUT2D eigenvalue weighted by Crippen LogP contribution is 2.33. The first kappa shape index (κ1) is 11.1. The fourth-order valence-electron chi connectivity index (χ4n) is 2.20. The first-order valence-corrected chi connectivity index (χ1v) is 6.21. The van der Waals surface area contributed by atoms with E-state index in [9.17, 15) is 4.79 Å². The summed E-state index contributed by atoms with van der Waals surface area (Å²) in [5.74, 6) is 1.73. The number of fused-ring (bicyclic) bond motifs is 1. The summed E-state index contributed by atoms with van der Waals surface area (Å²) in [4.78, 5) is 11.3. The van der Waals surface area contributed by atoms with Crippen molar-refractivity contribution < 1.29 is 14.3 Å². The number of rotatable bonds is 2. The van der Waals surface area contributed by atoms with Crippen molar-refractivity contribution in [2.24, 2.45) is 0 Å². The van der Waals surface area contributed by atoms with Crippen LogP contribution in [0.25, 0.3) is 0 Å². The maximum Gasteiger partial charge on any atom is 0.163 e. The molecule has 94 valence electrons. The van der Waals surface area contributed by atoms with E-state index in [0.717, 1.165) is 35.7 Å². The number of carbonyl (C=O) groups is 1. The zero-order valence-electron chi connectivity index (χ0n) is 10.1. The van der Waals surface area contributed by atoms with Gasteiger partial charge in [-0.25, -0.2) is 0 Å². The minimum absolute atomic E-state index is 0.196. The van der Waals surface area contributed by atoms with Gasteiger partial charge in [-0.05, 0) is 25.0 Å². The van der Waals surface area contributed by atoms with Gasteiger partial charge >= 0.3 is 0 Å². The highest BCUT2D eigenvalue weighted by molar-refractivity contribution is 5.91. The molecule has 0 atom stereocenters. The molecule has 1 aliphatic heterocycles. The maximum atomic E-state index is 11.3. The molecule has 0 amide bonds. The maximum absolute atomic E-state index is 11.3. The van der Waals surface area contributed by atoms with Gasteiger partial charge in [0.2, 0.25) is 0 Å². The first-order chi connectivity index (χ1) is 8.81. The predicted octanol–water partition coefficient (Wildman–Crippen LogP) is 2.51. The Bertz CT molecular complexity index is 508. The van der Waals surface area contributed by atoms with Gasteiger partial charge < -0.3 is 14.8 Å². The average molecular weight is 245 g/mol. The van der Waals surface area contributed by atoms with Crippen LogP contribution in [0.15, 0.2) is 30.0 Å². The fourth-order valence-corrected chi connectivity index (χ4v) is 2.20. The molecule has 0 radical (unpaired) electrons. The van der Waals surface area contributed by atoms with Crippen LogP contribution in [0.3, 0.4) is 0 Å². The highest BCUT2D eigenvalue weighted by atomic mass is 16.6. The number of carbonyl (C=O) groups excluding carboxylic acids is 1. The SMILES string of the molecule is O=C1C=C(Nc2ccc3c(c2)OCCO3)CCC1. The molecule has 18 heavy (non-hydrogen) atoms. The Labute approximate surface area is 106 Å². The van der Waals surface area contributed by atoms with Crippen molar-refractivity contribution in [3.63, 3.8) is 0 Å². The lowest BCUT2D eigenvalue weighted by atomic mass is 10.0. The second-order valence-corrected chi connectivity index (χ2v) is 4.47. The van der Waals surface area contributed by atoms with E-state index in [4.69, 9.17) is 9.47 Å². The summed E-state index contributed by atoms with van der Waals surface area (Å²) in [6.07, 6.45) is 4.19. The van der Waals surface area contributed by atoms with Gasteiger partial charge in [0.05, 0.1) is 0 Å². The number of hydrogen-bond acceptors (Lipinski definition) is 4. The number of allylic oxidation sites excluding steroid dienone is 2. The van der Waals surface area contributed by atoms with Gasteiger partial charge in [0, 0.05) is 29.9 Å². The molecule has 0 spiro atoms. The number of hydrogen-bond donors (Lipinski definition) is 1. The molecule has 1 aliphatic carbocycles. The molecule has 0 bridgehead atoms. The number of anilines is 1. The fraction of sp³-hybridized carbons (Fsp3) is 0.357. The summed E-state index contributed by atoms with van der Waals surface area (Å²) in [6, 6.07) is 5.74. The summed E-state index contributed by atoms with van der Waals surface area (Å²) < 4.78 is 11.0. The van der Waals surface area contributed by atoms with Crippen LogP contribution in [0, 0.1) is 0 Å². The molecule has 0 fully saturated rings. The largest absolute Gasteiger partial charge is 0.486 e. The van der Waals surface area contributed by atoms with Crippen LogP contribution < -0.4 is 14.8 Å². The minimum atomic E-state index is 0.196. The summed E-state index contributed by atoms with van der Waals surface area (Å²) >= 11 is 0. The Morgan fingerprint density at radius 2 is 1.89 bits per heavy atom. The van der Waals surface area contributed by atoms with Crippen LogP contribution in [-0.2, 0) is 4.79 Å². The van der Waals surface area contributed by atoms with Crippen molar-refractivity contribution in [2.45, 2.75) is 19.3 Å². The number of ether oxygens (including phenoxy) is 2. The molecule has 4 nitrogen and oxygen atoms in total. The Kier molecular flexibility index (Phi) is 2.92. The summed E-state index contributed by atoms with van der Waals surface area (Å²) in [5.41, 5.74) is 1.91. The van der Waals surface area contributed by atoms with Crippen LogP contribution in [0.5, 0.6) is 11.5 Å². The lowest BCUT2D eigenvalue weighted by Gasteiger charge is -2.20. The van der Waals surface area contributed by atoms with Gasteiger partial charge in [-0.1, -0.05) is 0 Å². The Morgan fingerprint density at radius 3 is 2.72 bits per heavy atom. The number of benzene rings is 1. The molecule has 1 N–H and O–H groups in total. The van der Waals surface area contributed by atoms with E-state index in [1.165, 1.54) is 0 Å². The van der Waals surface area contributed by atoms with E-state index < -0.39 is 0 Å². The summed E-state index contributed by atoms with van der Waals surface area (Å²) in [6.45, 7) is 1.18. The smallest absolute Gasteiger partial charge is 0.163 e. The van der Waals surface area contributed by atoms with E-state index in [1.807, 2.05) is 18.2 Å². The van der Waals surface area contributed by atoms with Crippen LogP contribution in [-0.4, -0.2) is 19.0 Å². The Balaban J connectivity index is 1.78. The zero-order chi connectivity index (χ0) is 12.4. The second kappa shape index (κ2) is 4.72. The van der Waals surface area contributed by atoms with Crippen LogP contribution in [0.2, 0.25) is 0 Å². The molecule has 2 aliphatic rings. The summed E-state index contributed by atoms with van der Waals surface area (Å²) in [5, 5.41) is 3.27.